The topological polar surface area (TPSA) is 61.4 Å². The Morgan fingerprint density at radius 3 is 2.92 bits per heavy atom. The summed E-state index contributed by atoms with van der Waals surface area (Å²) in [7, 11) is 2.11. The van der Waals surface area contributed by atoms with Crippen LogP contribution in [-0.4, -0.2) is 32.0 Å². The van der Waals surface area contributed by atoms with Gasteiger partial charge >= 0.3 is 0 Å². The minimum atomic E-state index is -0.132. The molecule has 0 bridgehead atoms. The van der Waals surface area contributed by atoms with Crippen LogP contribution in [0.15, 0.2) is 35.0 Å². The molecule has 132 valence electrons. The van der Waals surface area contributed by atoms with E-state index in [1.54, 1.807) is 11.4 Å². The van der Waals surface area contributed by atoms with Gasteiger partial charge in [0.15, 0.2) is 0 Å². The molecule has 6 heteroatoms. The summed E-state index contributed by atoms with van der Waals surface area (Å²) in [4.78, 5) is 26.0. The minimum absolute atomic E-state index is 0.0551. The number of amides is 2. The maximum absolute atomic E-state index is 12.0. The quantitative estimate of drug-likeness (QED) is 0.835. The molecule has 0 spiro atoms. The highest BCUT2D eigenvalue weighted by Crippen LogP contribution is 2.26. The van der Waals surface area contributed by atoms with Crippen LogP contribution < -0.4 is 15.5 Å². The maximum atomic E-state index is 12.0. The Hall–Kier alpha value is -2.34. The normalized spacial score (nSPS) is 13.2. The van der Waals surface area contributed by atoms with E-state index in [9.17, 15) is 9.59 Å². The zero-order valence-corrected chi connectivity index (χ0v) is 15.2. The van der Waals surface area contributed by atoms with Gasteiger partial charge in [-0.2, -0.15) is 11.3 Å². The molecule has 5 nitrogen and oxygen atoms in total. The van der Waals surface area contributed by atoms with Gasteiger partial charge in [-0.25, -0.2) is 0 Å². The molecular weight excluding hydrogens is 334 g/mol. The minimum Gasteiger partial charge on any atom is -0.374 e. The first-order valence-corrected chi connectivity index (χ1v) is 9.48. The second-order valence-electron chi connectivity index (χ2n) is 6.28. The largest absolute Gasteiger partial charge is 0.374 e. The lowest BCUT2D eigenvalue weighted by Crippen LogP contribution is -2.30. The smallest absolute Gasteiger partial charge is 0.252 e. The molecule has 0 fully saturated rings. The van der Waals surface area contributed by atoms with Gasteiger partial charge in [0.1, 0.15) is 0 Å². The van der Waals surface area contributed by atoms with E-state index < -0.39 is 0 Å². The predicted octanol–water partition coefficient (Wildman–Crippen LogP) is 2.57. The third-order valence-electron chi connectivity index (χ3n) is 4.41. The fourth-order valence-corrected chi connectivity index (χ4v) is 3.66. The van der Waals surface area contributed by atoms with Gasteiger partial charge in [0.05, 0.1) is 0 Å². The summed E-state index contributed by atoms with van der Waals surface area (Å²) in [5.74, 6) is -0.187. The molecule has 25 heavy (non-hydrogen) atoms. The molecule has 2 aromatic rings. The van der Waals surface area contributed by atoms with E-state index in [1.807, 2.05) is 5.38 Å². The zero-order valence-electron chi connectivity index (χ0n) is 14.4. The molecule has 0 atom stereocenters. The number of benzene rings is 1. The number of aryl methyl sites for hydroxylation is 1. The van der Waals surface area contributed by atoms with Crippen molar-refractivity contribution >= 4 is 28.8 Å². The van der Waals surface area contributed by atoms with Crippen LogP contribution in [0.5, 0.6) is 0 Å². The summed E-state index contributed by atoms with van der Waals surface area (Å²) in [5.41, 5.74) is 4.40. The highest BCUT2D eigenvalue weighted by molar-refractivity contribution is 7.08. The number of fused-ring (bicyclic) bond motifs is 1. The molecule has 1 aromatic carbocycles. The van der Waals surface area contributed by atoms with E-state index in [0.29, 0.717) is 18.7 Å². The maximum Gasteiger partial charge on any atom is 0.252 e. The highest BCUT2D eigenvalue weighted by atomic mass is 32.1. The van der Waals surface area contributed by atoms with Gasteiger partial charge in [0.25, 0.3) is 5.91 Å². The molecule has 1 aliphatic heterocycles. The predicted molar refractivity (Wildman–Crippen MR) is 101 cm³/mol. The summed E-state index contributed by atoms with van der Waals surface area (Å²) in [6, 6.07) is 8.16. The second-order valence-corrected chi connectivity index (χ2v) is 7.06. The van der Waals surface area contributed by atoms with Crippen molar-refractivity contribution in [2.45, 2.75) is 25.8 Å². The Morgan fingerprint density at radius 2 is 2.12 bits per heavy atom. The van der Waals surface area contributed by atoms with Gasteiger partial charge in [0.2, 0.25) is 5.91 Å². The number of carbonyl (C=O) groups is 2. The van der Waals surface area contributed by atoms with Gasteiger partial charge in [-0.3, -0.25) is 9.59 Å². The Kier molecular flexibility index (Phi) is 5.71. The number of hydrogen-bond acceptors (Lipinski definition) is 4. The van der Waals surface area contributed by atoms with E-state index in [1.165, 1.54) is 29.0 Å². The number of nitrogens with zero attached hydrogens (tertiary/aromatic N) is 1. The second kappa shape index (κ2) is 8.16. The van der Waals surface area contributed by atoms with Crippen molar-refractivity contribution in [3.05, 3.63) is 51.7 Å². The van der Waals surface area contributed by atoms with Crippen LogP contribution in [0.1, 0.15) is 34.3 Å². The van der Waals surface area contributed by atoms with Crippen LogP contribution in [0.2, 0.25) is 0 Å². The van der Waals surface area contributed by atoms with Crippen molar-refractivity contribution < 1.29 is 9.59 Å². The molecule has 1 aliphatic rings. The Morgan fingerprint density at radius 1 is 1.24 bits per heavy atom. The van der Waals surface area contributed by atoms with Gasteiger partial charge in [-0.05, 0) is 41.5 Å². The standard InChI is InChI=1S/C19H23N3O2S/c1-22-9-2-3-15-11-14(4-5-17(15)22)12-21-18(23)6-8-20-19(24)16-7-10-25-13-16/h4-5,7,10-11,13H,2-3,6,8-9,12H2,1H3,(H,20,24)(H,21,23). The van der Waals surface area contributed by atoms with Crippen LogP contribution in [0.25, 0.3) is 0 Å². The summed E-state index contributed by atoms with van der Waals surface area (Å²) >= 11 is 1.48. The van der Waals surface area contributed by atoms with Gasteiger partial charge < -0.3 is 15.5 Å². The van der Waals surface area contributed by atoms with E-state index in [-0.39, 0.29) is 18.2 Å². The number of carbonyl (C=O) groups excluding carboxylic acids is 2. The first kappa shape index (κ1) is 17.5. The lowest BCUT2D eigenvalue weighted by Gasteiger charge is -2.27. The summed E-state index contributed by atoms with van der Waals surface area (Å²) < 4.78 is 0. The number of nitrogens with one attached hydrogen (secondary N) is 2. The summed E-state index contributed by atoms with van der Waals surface area (Å²) in [6.45, 7) is 1.96. The van der Waals surface area contributed by atoms with Crippen LogP contribution in [-0.2, 0) is 17.8 Å². The molecular formula is C19H23N3O2S. The SMILES string of the molecule is CN1CCCc2cc(CNC(=O)CCNC(=O)c3ccsc3)ccc21. The number of rotatable bonds is 6. The third kappa shape index (κ3) is 4.60. The molecule has 2 N–H and O–H groups in total. The van der Waals surface area contributed by atoms with E-state index in [2.05, 4.69) is 40.8 Å². The summed E-state index contributed by atoms with van der Waals surface area (Å²) in [6.07, 6.45) is 2.54. The summed E-state index contributed by atoms with van der Waals surface area (Å²) in [5, 5.41) is 9.34. The number of hydrogen-bond donors (Lipinski definition) is 2. The highest BCUT2D eigenvalue weighted by Gasteiger charge is 2.14. The van der Waals surface area contributed by atoms with Crippen molar-refractivity contribution in [3.63, 3.8) is 0 Å². The van der Waals surface area contributed by atoms with Crippen molar-refractivity contribution in [2.75, 3.05) is 25.0 Å². The fraction of sp³-hybridized carbons (Fsp3) is 0.368. The van der Waals surface area contributed by atoms with E-state index in [0.717, 1.165) is 18.5 Å². The Labute approximate surface area is 152 Å². The van der Waals surface area contributed by atoms with Crippen LogP contribution >= 0.6 is 11.3 Å². The molecule has 0 saturated heterocycles. The molecule has 0 saturated carbocycles. The Balaban J connectivity index is 1.42. The molecule has 3 rings (SSSR count). The molecule has 0 aliphatic carbocycles. The van der Waals surface area contributed by atoms with E-state index >= 15 is 0 Å². The van der Waals surface area contributed by atoms with E-state index in [4.69, 9.17) is 0 Å². The molecule has 1 aromatic heterocycles. The van der Waals surface area contributed by atoms with Gasteiger partial charge in [-0.1, -0.05) is 12.1 Å². The van der Waals surface area contributed by atoms with Gasteiger partial charge in [-0.15, -0.1) is 0 Å². The average Bonchev–Trinajstić information content (AvgIpc) is 3.15. The lowest BCUT2D eigenvalue weighted by molar-refractivity contribution is -0.121. The van der Waals surface area contributed by atoms with Crippen LogP contribution in [0, 0.1) is 0 Å². The first-order chi connectivity index (χ1) is 12.1. The van der Waals surface area contributed by atoms with Crippen LogP contribution in [0.3, 0.4) is 0 Å². The molecule has 0 radical (unpaired) electrons. The zero-order chi connectivity index (χ0) is 17.6. The van der Waals surface area contributed by atoms with Crippen molar-refractivity contribution in [1.29, 1.82) is 0 Å². The molecule has 2 heterocycles. The number of anilines is 1. The molecule has 2 amide bonds. The van der Waals surface area contributed by atoms with Crippen molar-refractivity contribution in [1.82, 2.24) is 10.6 Å². The lowest BCUT2D eigenvalue weighted by atomic mass is 9.99. The number of thiophene rings is 1. The monoisotopic (exact) mass is 357 g/mol. The van der Waals surface area contributed by atoms with Crippen molar-refractivity contribution in [3.8, 4) is 0 Å². The first-order valence-electron chi connectivity index (χ1n) is 8.53. The third-order valence-corrected chi connectivity index (χ3v) is 5.09. The fourth-order valence-electron chi connectivity index (χ4n) is 3.02. The van der Waals surface area contributed by atoms with Gasteiger partial charge in [0, 0.05) is 49.7 Å². The van der Waals surface area contributed by atoms with Crippen LogP contribution in [0.4, 0.5) is 5.69 Å². The van der Waals surface area contributed by atoms with Crippen molar-refractivity contribution in [2.24, 2.45) is 0 Å². The average molecular weight is 357 g/mol. The Bertz CT molecular complexity index is 743. The molecule has 0 unspecified atom stereocenters.